The summed E-state index contributed by atoms with van der Waals surface area (Å²) in [5, 5.41) is 0. The standard InChI is InChI=1S/C7H15NO5/c1-10-2-3-11-4-5-12-7(9)13-6-8/h2-6,8H2,1H3. The quantitative estimate of drug-likeness (QED) is 0.340. The van der Waals surface area contributed by atoms with Gasteiger partial charge in [0.2, 0.25) is 0 Å². The van der Waals surface area contributed by atoms with Gasteiger partial charge < -0.3 is 18.9 Å². The molecule has 0 aliphatic carbocycles. The van der Waals surface area contributed by atoms with E-state index in [0.29, 0.717) is 19.8 Å². The van der Waals surface area contributed by atoms with E-state index < -0.39 is 6.16 Å². The maximum Gasteiger partial charge on any atom is 0.509 e. The minimum absolute atomic E-state index is 0.155. The molecule has 0 saturated carbocycles. The average molecular weight is 193 g/mol. The molecule has 6 heteroatoms. The van der Waals surface area contributed by atoms with Crippen LogP contribution in [-0.2, 0) is 18.9 Å². The molecule has 0 atom stereocenters. The second-order valence-corrected chi connectivity index (χ2v) is 2.01. The molecule has 0 heterocycles. The molecular formula is C7H15NO5. The van der Waals surface area contributed by atoms with Crippen LogP contribution in [0.25, 0.3) is 0 Å². The molecule has 78 valence electrons. The van der Waals surface area contributed by atoms with Crippen molar-refractivity contribution in [3.63, 3.8) is 0 Å². The molecule has 0 amide bonds. The van der Waals surface area contributed by atoms with Gasteiger partial charge in [-0.25, -0.2) is 4.79 Å². The molecule has 0 rings (SSSR count). The van der Waals surface area contributed by atoms with E-state index >= 15 is 0 Å². The van der Waals surface area contributed by atoms with Crippen molar-refractivity contribution in [3.05, 3.63) is 0 Å². The first kappa shape index (κ1) is 12.2. The van der Waals surface area contributed by atoms with Gasteiger partial charge >= 0.3 is 6.16 Å². The lowest BCUT2D eigenvalue weighted by Crippen LogP contribution is -2.16. The van der Waals surface area contributed by atoms with E-state index in [9.17, 15) is 4.79 Å². The van der Waals surface area contributed by atoms with E-state index in [0.717, 1.165) is 0 Å². The fourth-order valence-electron chi connectivity index (χ4n) is 0.538. The lowest BCUT2D eigenvalue weighted by atomic mass is 10.7. The molecule has 0 radical (unpaired) electrons. The Labute approximate surface area is 76.9 Å². The Bertz CT molecular complexity index is 130. The summed E-state index contributed by atoms with van der Waals surface area (Å²) in [4.78, 5) is 10.5. The van der Waals surface area contributed by atoms with Crippen molar-refractivity contribution in [1.29, 1.82) is 0 Å². The molecule has 0 fully saturated rings. The number of rotatable bonds is 7. The van der Waals surface area contributed by atoms with E-state index in [2.05, 4.69) is 9.47 Å². The molecule has 0 saturated heterocycles. The topological polar surface area (TPSA) is 80.0 Å². The third-order valence-electron chi connectivity index (χ3n) is 1.08. The van der Waals surface area contributed by atoms with E-state index in [1.807, 2.05) is 0 Å². The number of ether oxygens (including phenoxy) is 4. The van der Waals surface area contributed by atoms with E-state index in [-0.39, 0.29) is 13.3 Å². The highest BCUT2D eigenvalue weighted by Crippen LogP contribution is 1.84. The Hall–Kier alpha value is -0.850. The van der Waals surface area contributed by atoms with Crippen molar-refractivity contribution in [1.82, 2.24) is 0 Å². The molecule has 0 bridgehead atoms. The minimum Gasteiger partial charge on any atom is -0.432 e. The van der Waals surface area contributed by atoms with Crippen molar-refractivity contribution in [2.24, 2.45) is 5.73 Å². The van der Waals surface area contributed by atoms with Crippen LogP contribution in [0.5, 0.6) is 0 Å². The SMILES string of the molecule is COCCOCCOC(=O)OCN. The summed E-state index contributed by atoms with van der Waals surface area (Å²) in [6.07, 6.45) is -0.780. The van der Waals surface area contributed by atoms with E-state index in [1.165, 1.54) is 0 Å². The summed E-state index contributed by atoms with van der Waals surface area (Å²) < 4.78 is 18.6. The summed E-state index contributed by atoms with van der Waals surface area (Å²) in [6, 6.07) is 0. The van der Waals surface area contributed by atoms with E-state index in [1.54, 1.807) is 7.11 Å². The highest BCUT2D eigenvalue weighted by Gasteiger charge is 2.00. The number of carbonyl (C=O) groups excluding carboxylic acids is 1. The van der Waals surface area contributed by atoms with Gasteiger partial charge in [-0.3, -0.25) is 5.73 Å². The fourth-order valence-corrected chi connectivity index (χ4v) is 0.538. The van der Waals surface area contributed by atoms with Crippen molar-refractivity contribution in [2.45, 2.75) is 0 Å². The van der Waals surface area contributed by atoms with Crippen molar-refractivity contribution < 1.29 is 23.7 Å². The molecule has 0 aromatic heterocycles. The van der Waals surface area contributed by atoms with Gasteiger partial charge in [0.15, 0.2) is 0 Å². The molecule has 6 nitrogen and oxygen atoms in total. The van der Waals surface area contributed by atoms with Crippen LogP contribution in [0.2, 0.25) is 0 Å². The third kappa shape index (κ3) is 9.06. The smallest absolute Gasteiger partial charge is 0.432 e. The van der Waals surface area contributed by atoms with Gasteiger partial charge in [0.05, 0.1) is 19.8 Å². The molecule has 0 aromatic carbocycles. The molecular weight excluding hydrogens is 178 g/mol. The highest BCUT2D eigenvalue weighted by molar-refractivity contribution is 5.59. The Morgan fingerprint density at radius 2 is 1.85 bits per heavy atom. The second-order valence-electron chi connectivity index (χ2n) is 2.01. The van der Waals surface area contributed by atoms with Crippen LogP contribution in [-0.4, -0.2) is 46.4 Å². The number of methoxy groups -OCH3 is 1. The second kappa shape index (κ2) is 9.24. The van der Waals surface area contributed by atoms with Crippen LogP contribution >= 0.6 is 0 Å². The van der Waals surface area contributed by atoms with Gasteiger partial charge in [0.1, 0.15) is 13.3 Å². The van der Waals surface area contributed by atoms with Gasteiger partial charge in [-0.15, -0.1) is 0 Å². The maximum absolute atomic E-state index is 10.5. The Morgan fingerprint density at radius 1 is 1.15 bits per heavy atom. The van der Waals surface area contributed by atoms with Gasteiger partial charge in [0, 0.05) is 7.11 Å². The average Bonchev–Trinajstić information content (AvgIpc) is 2.11. The first-order valence-corrected chi connectivity index (χ1v) is 3.87. The highest BCUT2D eigenvalue weighted by atomic mass is 16.7. The normalized spacial score (nSPS) is 9.69. The first-order valence-electron chi connectivity index (χ1n) is 3.87. The first-order chi connectivity index (χ1) is 6.31. The van der Waals surface area contributed by atoms with Crippen molar-refractivity contribution >= 4 is 6.16 Å². The molecule has 13 heavy (non-hydrogen) atoms. The summed E-state index contributed by atoms with van der Waals surface area (Å²) in [7, 11) is 1.58. The zero-order valence-corrected chi connectivity index (χ0v) is 7.65. The largest absolute Gasteiger partial charge is 0.509 e. The summed E-state index contributed by atoms with van der Waals surface area (Å²) >= 11 is 0. The predicted molar refractivity (Wildman–Crippen MR) is 44.2 cm³/mol. The van der Waals surface area contributed by atoms with Crippen LogP contribution in [0.1, 0.15) is 0 Å². The van der Waals surface area contributed by atoms with E-state index in [4.69, 9.17) is 15.2 Å². The van der Waals surface area contributed by atoms with Crippen LogP contribution < -0.4 is 5.73 Å². The van der Waals surface area contributed by atoms with Crippen molar-refractivity contribution in [3.8, 4) is 0 Å². The monoisotopic (exact) mass is 193 g/mol. The Balaban J connectivity index is 3.02. The molecule has 0 unspecified atom stereocenters. The maximum atomic E-state index is 10.5. The van der Waals surface area contributed by atoms with Gasteiger partial charge in [0.25, 0.3) is 0 Å². The molecule has 0 aliphatic rings. The third-order valence-corrected chi connectivity index (χ3v) is 1.08. The number of nitrogens with two attached hydrogens (primary N) is 1. The van der Waals surface area contributed by atoms with Gasteiger partial charge in [-0.05, 0) is 0 Å². The van der Waals surface area contributed by atoms with Crippen LogP contribution in [0.4, 0.5) is 4.79 Å². The lowest BCUT2D eigenvalue weighted by Gasteiger charge is -2.04. The molecule has 0 aromatic rings. The molecule has 0 spiro atoms. The molecule has 0 aliphatic heterocycles. The fraction of sp³-hybridized carbons (Fsp3) is 0.857. The Morgan fingerprint density at radius 3 is 2.46 bits per heavy atom. The van der Waals surface area contributed by atoms with Crippen LogP contribution in [0, 0.1) is 0 Å². The lowest BCUT2D eigenvalue weighted by molar-refractivity contribution is 0.0163. The predicted octanol–water partition coefficient (Wildman–Crippen LogP) is -0.281. The summed E-state index contributed by atoms with van der Waals surface area (Å²) in [6.45, 7) is 1.30. The number of hydrogen-bond donors (Lipinski definition) is 1. The van der Waals surface area contributed by atoms with Crippen LogP contribution in [0.15, 0.2) is 0 Å². The number of hydrogen-bond acceptors (Lipinski definition) is 6. The summed E-state index contributed by atoms with van der Waals surface area (Å²) in [5.41, 5.74) is 4.93. The zero-order chi connectivity index (χ0) is 9.94. The Kier molecular flexibility index (Phi) is 8.64. The van der Waals surface area contributed by atoms with Crippen molar-refractivity contribution in [2.75, 3.05) is 40.3 Å². The minimum atomic E-state index is -0.780. The zero-order valence-electron chi connectivity index (χ0n) is 7.65. The number of carbonyl (C=O) groups is 1. The van der Waals surface area contributed by atoms with Gasteiger partial charge in [-0.2, -0.15) is 0 Å². The van der Waals surface area contributed by atoms with Crippen LogP contribution in [0.3, 0.4) is 0 Å². The van der Waals surface area contributed by atoms with Gasteiger partial charge in [-0.1, -0.05) is 0 Å². The molecule has 2 N–H and O–H groups in total. The summed E-state index contributed by atoms with van der Waals surface area (Å²) in [5.74, 6) is 0.